The van der Waals surface area contributed by atoms with Crippen molar-refractivity contribution in [3.05, 3.63) is 0 Å². The molecule has 0 saturated heterocycles. The highest BCUT2D eigenvalue weighted by molar-refractivity contribution is 7.86. The zero-order valence-electron chi connectivity index (χ0n) is 4.70. The van der Waals surface area contributed by atoms with Gasteiger partial charge in [0, 0.05) is 0 Å². The molecule has 5 heteroatoms. The van der Waals surface area contributed by atoms with E-state index in [1.165, 1.54) is 13.0 Å². The summed E-state index contributed by atoms with van der Waals surface area (Å²) in [5.74, 6) is 1.85. The molecule has 9 heavy (non-hydrogen) atoms. The third-order valence-electron chi connectivity index (χ3n) is 0.715. The number of rotatable bonds is 1. The van der Waals surface area contributed by atoms with Gasteiger partial charge < -0.3 is 5.11 Å². The monoisotopic (exact) mass is 150 g/mol. The summed E-state index contributed by atoms with van der Waals surface area (Å²) in [5.41, 5.74) is 0. The Hall–Kier alpha value is -0.730. The lowest BCUT2D eigenvalue weighted by Crippen LogP contribution is -2.13. The van der Waals surface area contributed by atoms with Crippen LogP contribution in [-0.4, -0.2) is 23.3 Å². The molecule has 0 aromatic carbocycles. The topological polar surface area (TPSA) is 74.6 Å². The molecule has 52 valence electrons. The van der Waals surface area contributed by atoms with E-state index in [9.17, 15) is 8.42 Å². The minimum absolute atomic E-state index is 1.17. The van der Waals surface area contributed by atoms with E-state index in [1.54, 1.807) is 0 Å². The Morgan fingerprint density at radius 2 is 2.00 bits per heavy atom. The predicted molar refractivity (Wildman–Crippen MR) is 30.7 cm³/mol. The second kappa shape index (κ2) is 2.71. The highest BCUT2D eigenvalue weighted by Gasteiger charge is 2.13. The molecule has 0 rings (SSSR count). The van der Waals surface area contributed by atoms with Crippen molar-refractivity contribution in [1.29, 1.82) is 0 Å². The predicted octanol–water partition coefficient (Wildman–Crippen LogP) is -0.404. The van der Waals surface area contributed by atoms with Gasteiger partial charge >= 0.3 is 0 Å². The normalized spacial score (nSPS) is 13.6. The van der Waals surface area contributed by atoms with Crippen LogP contribution in [0.3, 0.4) is 0 Å². The molecule has 0 aliphatic carbocycles. The second-order valence-corrected chi connectivity index (χ2v) is 3.15. The van der Waals surface area contributed by atoms with Crippen LogP contribution in [0.2, 0.25) is 0 Å². The molecule has 1 unspecified atom stereocenters. The summed E-state index contributed by atoms with van der Waals surface area (Å²) in [6, 6.07) is 0. The average molecular weight is 150 g/mol. The van der Waals surface area contributed by atoms with Crippen LogP contribution in [-0.2, 0) is 10.1 Å². The van der Waals surface area contributed by atoms with Crippen LogP contribution >= 0.6 is 0 Å². The SMILES string of the molecule is CC(C#CO)S(=O)(=O)O. The molecular formula is C4H6O4S. The average Bonchev–Trinajstić information content (AvgIpc) is 1.64. The van der Waals surface area contributed by atoms with Gasteiger partial charge in [0.05, 0.1) is 0 Å². The van der Waals surface area contributed by atoms with E-state index >= 15 is 0 Å². The van der Waals surface area contributed by atoms with E-state index in [2.05, 4.69) is 0 Å². The Bertz CT molecular complexity index is 229. The second-order valence-electron chi connectivity index (χ2n) is 1.41. The molecule has 0 amide bonds. The molecule has 0 radical (unpaired) electrons. The highest BCUT2D eigenvalue weighted by atomic mass is 32.2. The van der Waals surface area contributed by atoms with E-state index in [-0.39, 0.29) is 0 Å². The lowest BCUT2D eigenvalue weighted by Gasteiger charge is -1.94. The maximum atomic E-state index is 10.1. The van der Waals surface area contributed by atoms with Gasteiger partial charge in [-0.05, 0) is 12.8 Å². The maximum Gasteiger partial charge on any atom is 0.279 e. The number of aliphatic hydroxyl groups excluding tert-OH is 1. The van der Waals surface area contributed by atoms with Gasteiger partial charge in [-0.25, -0.2) is 0 Å². The van der Waals surface area contributed by atoms with Crippen LogP contribution in [0.4, 0.5) is 0 Å². The van der Waals surface area contributed by atoms with Gasteiger partial charge in [-0.15, -0.1) is 0 Å². The van der Waals surface area contributed by atoms with Gasteiger partial charge in [0.2, 0.25) is 0 Å². The third kappa shape index (κ3) is 2.95. The fourth-order valence-electron chi connectivity index (χ4n) is 0.165. The minimum atomic E-state index is -4.10. The molecule has 0 saturated carbocycles. The fraction of sp³-hybridized carbons (Fsp3) is 0.500. The van der Waals surface area contributed by atoms with Crippen LogP contribution < -0.4 is 0 Å². The van der Waals surface area contributed by atoms with Crippen LogP contribution in [0.15, 0.2) is 0 Å². The van der Waals surface area contributed by atoms with Crippen molar-refractivity contribution >= 4 is 10.1 Å². The molecular weight excluding hydrogens is 144 g/mol. The van der Waals surface area contributed by atoms with Gasteiger partial charge in [-0.2, -0.15) is 8.42 Å². The Morgan fingerprint density at radius 1 is 1.56 bits per heavy atom. The highest BCUT2D eigenvalue weighted by Crippen LogP contribution is 1.92. The van der Waals surface area contributed by atoms with E-state index < -0.39 is 15.4 Å². The zero-order valence-corrected chi connectivity index (χ0v) is 5.51. The van der Waals surface area contributed by atoms with Crippen LogP contribution in [0, 0.1) is 12.0 Å². The van der Waals surface area contributed by atoms with E-state index in [0.717, 1.165) is 0 Å². The molecule has 0 aromatic heterocycles. The molecule has 0 aliphatic heterocycles. The summed E-state index contributed by atoms with van der Waals surface area (Å²) in [4.78, 5) is 0. The summed E-state index contributed by atoms with van der Waals surface area (Å²) in [5, 5.41) is 6.64. The Kier molecular flexibility index (Phi) is 2.49. The van der Waals surface area contributed by atoms with Crippen molar-refractivity contribution in [2.75, 3.05) is 0 Å². The molecule has 0 aliphatic rings. The quantitative estimate of drug-likeness (QED) is 0.394. The molecule has 0 fully saturated rings. The first kappa shape index (κ1) is 8.27. The smallest absolute Gasteiger partial charge is 0.279 e. The van der Waals surface area contributed by atoms with Crippen molar-refractivity contribution in [3.8, 4) is 12.0 Å². The maximum absolute atomic E-state index is 10.1. The van der Waals surface area contributed by atoms with E-state index in [1.807, 2.05) is 5.92 Å². The Balaban J connectivity index is 4.36. The summed E-state index contributed by atoms with van der Waals surface area (Å²) in [6.07, 6.45) is 1.38. The van der Waals surface area contributed by atoms with Crippen molar-refractivity contribution in [1.82, 2.24) is 0 Å². The molecule has 1 atom stereocenters. The molecule has 0 bridgehead atoms. The van der Waals surface area contributed by atoms with Crippen LogP contribution in [0.25, 0.3) is 0 Å². The van der Waals surface area contributed by atoms with Crippen molar-refractivity contribution in [3.63, 3.8) is 0 Å². The van der Waals surface area contributed by atoms with E-state index in [0.29, 0.717) is 0 Å². The first-order valence-corrected chi connectivity index (χ1v) is 3.59. The van der Waals surface area contributed by atoms with Crippen LogP contribution in [0.1, 0.15) is 6.92 Å². The van der Waals surface area contributed by atoms with Gasteiger partial charge in [-0.3, -0.25) is 4.55 Å². The third-order valence-corrected chi connectivity index (χ3v) is 1.73. The first-order valence-electron chi connectivity index (χ1n) is 2.09. The van der Waals surface area contributed by atoms with Gasteiger partial charge in [0.25, 0.3) is 10.1 Å². The van der Waals surface area contributed by atoms with Gasteiger partial charge in [0.1, 0.15) is 11.4 Å². The standard InChI is InChI=1S/C4H6O4S/c1-4(2-3-5)9(6,7)8/h4-5H,1H3,(H,6,7,8). The summed E-state index contributed by atoms with van der Waals surface area (Å²) in [7, 11) is -4.10. The van der Waals surface area contributed by atoms with Crippen molar-refractivity contribution in [2.45, 2.75) is 12.2 Å². The van der Waals surface area contributed by atoms with Crippen molar-refractivity contribution in [2.24, 2.45) is 0 Å². The van der Waals surface area contributed by atoms with E-state index in [4.69, 9.17) is 9.66 Å². The number of hydrogen-bond donors (Lipinski definition) is 2. The molecule has 0 aromatic rings. The number of aliphatic hydroxyl groups is 1. The van der Waals surface area contributed by atoms with Gasteiger partial charge in [-0.1, -0.05) is 0 Å². The Labute approximate surface area is 53.3 Å². The number of hydrogen-bond acceptors (Lipinski definition) is 3. The largest absolute Gasteiger partial charge is 0.462 e. The van der Waals surface area contributed by atoms with Crippen molar-refractivity contribution < 1.29 is 18.1 Å². The lowest BCUT2D eigenvalue weighted by molar-refractivity contribution is 0.477. The lowest BCUT2D eigenvalue weighted by atomic mass is 10.5. The zero-order chi connectivity index (χ0) is 7.49. The summed E-state index contributed by atoms with van der Waals surface area (Å²) in [6.45, 7) is 1.17. The molecule has 0 spiro atoms. The first-order chi connectivity index (χ1) is 3.98. The minimum Gasteiger partial charge on any atom is -0.462 e. The van der Waals surface area contributed by atoms with Crippen LogP contribution in [0.5, 0.6) is 0 Å². The summed E-state index contributed by atoms with van der Waals surface area (Å²) < 4.78 is 28.3. The Morgan fingerprint density at radius 3 is 2.11 bits per heavy atom. The summed E-state index contributed by atoms with van der Waals surface area (Å²) >= 11 is 0. The molecule has 4 nitrogen and oxygen atoms in total. The molecule has 2 N–H and O–H groups in total. The van der Waals surface area contributed by atoms with Gasteiger partial charge in [0.15, 0.2) is 0 Å². The molecule has 0 heterocycles. The fourth-order valence-corrected chi connectivity index (χ4v) is 0.367.